The fourth-order valence-corrected chi connectivity index (χ4v) is 1.37. The molecule has 0 aromatic carbocycles. The van der Waals surface area contributed by atoms with Crippen molar-refractivity contribution in [3.8, 4) is 0 Å². The molecule has 0 bridgehead atoms. The highest BCUT2D eigenvalue weighted by Crippen LogP contribution is 2.13. The SMILES string of the molecule is CCC(N)c1ccn(CCN(C)C)c1. The van der Waals surface area contributed by atoms with Crippen LogP contribution < -0.4 is 5.73 Å². The number of aromatic nitrogens is 1. The van der Waals surface area contributed by atoms with Gasteiger partial charge in [-0.2, -0.15) is 0 Å². The Morgan fingerprint density at radius 2 is 2.21 bits per heavy atom. The smallest absolute Gasteiger partial charge is 0.0347 e. The van der Waals surface area contributed by atoms with Crippen molar-refractivity contribution in [2.45, 2.75) is 25.9 Å². The van der Waals surface area contributed by atoms with E-state index in [0.29, 0.717) is 0 Å². The number of likely N-dealkylation sites (N-methyl/N-ethyl adjacent to an activating group) is 1. The number of nitrogens with two attached hydrogens (primary N) is 1. The summed E-state index contributed by atoms with van der Waals surface area (Å²) >= 11 is 0. The van der Waals surface area contributed by atoms with Gasteiger partial charge in [-0.1, -0.05) is 6.92 Å². The van der Waals surface area contributed by atoms with Gasteiger partial charge in [0.1, 0.15) is 0 Å². The Morgan fingerprint density at radius 3 is 2.79 bits per heavy atom. The minimum atomic E-state index is 0.190. The van der Waals surface area contributed by atoms with E-state index >= 15 is 0 Å². The Morgan fingerprint density at radius 1 is 1.50 bits per heavy atom. The minimum Gasteiger partial charge on any atom is -0.353 e. The highest BCUT2D eigenvalue weighted by Gasteiger charge is 2.04. The van der Waals surface area contributed by atoms with Crippen LogP contribution in [0.5, 0.6) is 0 Å². The minimum absolute atomic E-state index is 0.190. The maximum Gasteiger partial charge on any atom is 0.0347 e. The lowest BCUT2D eigenvalue weighted by atomic mass is 10.1. The molecule has 14 heavy (non-hydrogen) atoms. The zero-order valence-corrected chi connectivity index (χ0v) is 9.40. The van der Waals surface area contributed by atoms with E-state index in [1.54, 1.807) is 0 Å². The predicted molar refractivity (Wildman–Crippen MR) is 60.2 cm³/mol. The summed E-state index contributed by atoms with van der Waals surface area (Å²) in [6.45, 7) is 4.21. The number of hydrogen-bond donors (Lipinski definition) is 1. The van der Waals surface area contributed by atoms with Gasteiger partial charge in [0.2, 0.25) is 0 Å². The van der Waals surface area contributed by atoms with E-state index < -0.39 is 0 Å². The zero-order chi connectivity index (χ0) is 10.6. The van der Waals surface area contributed by atoms with Crippen LogP contribution in [0.3, 0.4) is 0 Å². The zero-order valence-electron chi connectivity index (χ0n) is 9.40. The Balaban J connectivity index is 2.50. The number of hydrogen-bond acceptors (Lipinski definition) is 2. The molecule has 0 aliphatic rings. The van der Waals surface area contributed by atoms with Crippen molar-refractivity contribution in [3.05, 3.63) is 24.0 Å². The molecule has 0 radical (unpaired) electrons. The van der Waals surface area contributed by atoms with Crippen molar-refractivity contribution in [1.29, 1.82) is 0 Å². The first-order valence-corrected chi connectivity index (χ1v) is 5.19. The van der Waals surface area contributed by atoms with Crippen LogP contribution in [0.1, 0.15) is 24.9 Å². The van der Waals surface area contributed by atoms with E-state index in [1.165, 1.54) is 5.56 Å². The predicted octanol–water partition coefficient (Wildman–Crippen LogP) is 1.46. The highest BCUT2D eigenvalue weighted by atomic mass is 15.1. The first-order valence-electron chi connectivity index (χ1n) is 5.19. The van der Waals surface area contributed by atoms with E-state index in [4.69, 9.17) is 5.73 Å². The molecular weight excluding hydrogens is 174 g/mol. The van der Waals surface area contributed by atoms with Crippen molar-refractivity contribution in [2.75, 3.05) is 20.6 Å². The van der Waals surface area contributed by atoms with E-state index in [9.17, 15) is 0 Å². The fourth-order valence-electron chi connectivity index (χ4n) is 1.37. The lowest BCUT2D eigenvalue weighted by Crippen LogP contribution is -2.17. The van der Waals surface area contributed by atoms with Gasteiger partial charge in [0, 0.05) is 31.5 Å². The molecular formula is C11H21N3. The Kier molecular flexibility index (Phi) is 4.17. The van der Waals surface area contributed by atoms with Crippen molar-refractivity contribution >= 4 is 0 Å². The molecule has 2 N–H and O–H groups in total. The van der Waals surface area contributed by atoms with Gasteiger partial charge >= 0.3 is 0 Å². The summed E-state index contributed by atoms with van der Waals surface area (Å²) in [7, 11) is 4.17. The van der Waals surface area contributed by atoms with E-state index in [1.807, 2.05) is 0 Å². The third-order valence-corrected chi connectivity index (χ3v) is 2.45. The van der Waals surface area contributed by atoms with E-state index in [2.05, 4.69) is 48.9 Å². The Hall–Kier alpha value is -0.800. The summed E-state index contributed by atoms with van der Waals surface area (Å²) in [5.41, 5.74) is 7.18. The second-order valence-electron chi connectivity index (χ2n) is 4.00. The number of nitrogens with zero attached hydrogens (tertiary/aromatic N) is 2. The largest absolute Gasteiger partial charge is 0.353 e. The molecule has 0 amide bonds. The highest BCUT2D eigenvalue weighted by molar-refractivity contribution is 5.14. The van der Waals surface area contributed by atoms with Crippen molar-refractivity contribution < 1.29 is 0 Å². The molecule has 1 atom stereocenters. The maximum atomic E-state index is 5.94. The average molecular weight is 195 g/mol. The van der Waals surface area contributed by atoms with Gasteiger partial charge in [-0.05, 0) is 32.1 Å². The first-order chi connectivity index (χ1) is 6.63. The van der Waals surface area contributed by atoms with Gasteiger partial charge in [0.25, 0.3) is 0 Å². The second kappa shape index (κ2) is 5.17. The quantitative estimate of drug-likeness (QED) is 0.772. The van der Waals surface area contributed by atoms with Crippen LogP contribution >= 0.6 is 0 Å². The first kappa shape index (κ1) is 11.3. The fraction of sp³-hybridized carbons (Fsp3) is 0.636. The molecule has 0 saturated heterocycles. The lowest BCUT2D eigenvalue weighted by molar-refractivity contribution is 0.384. The van der Waals surface area contributed by atoms with Crippen LogP contribution in [-0.4, -0.2) is 30.1 Å². The third kappa shape index (κ3) is 3.16. The maximum absolute atomic E-state index is 5.94. The van der Waals surface area contributed by atoms with Crippen LogP contribution in [0.2, 0.25) is 0 Å². The van der Waals surface area contributed by atoms with E-state index in [0.717, 1.165) is 19.5 Å². The summed E-state index contributed by atoms with van der Waals surface area (Å²) < 4.78 is 2.20. The lowest BCUT2D eigenvalue weighted by Gasteiger charge is -2.10. The molecule has 0 saturated carbocycles. The topological polar surface area (TPSA) is 34.2 Å². The van der Waals surface area contributed by atoms with E-state index in [-0.39, 0.29) is 6.04 Å². The third-order valence-electron chi connectivity index (χ3n) is 2.45. The van der Waals surface area contributed by atoms with Gasteiger partial charge in [-0.25, -0.2) is 0 Å². The van der Waals surface area contributed by atoms with Crippen LogP contribution in [-0.2, 0) is 6.54 Å². The summed E-state index contributed by atoms with van der Waals surface area (Å²) in [6, 6.07) is 2.31. The molecule has 1 aromatic rings. The molecule has 0 aliphatic heterocycles. The van der Waals surface area contributed by atoms with Crippen molar-refractivity contribution in [3.63, 3.8) is 0 Å². The van der Waals surface area contributed by atoms with Crippen molar-refractivity contribution in [2.24, 2.45) is 5.73 Å². The van der Waals surface area contributed by atoms with Gasteiger partial charge in [0.05, 0.1) is 0 Å². The van der Waals surface area contributed by atoms with Crippen molar-refractivity contribution in [1.82, 2.24) is 9.47 Å². The molecule has 1 rings (SSSR count). The summed E-state index contributed by atoms with van der Waals surface area (Å²) in [5.74, 6) is 0. The molecule has 0 fully saturated rings. The molecule has 3 heteroatoms. The van der Waals surface area contributed by atoms with Gasteiger partial charge in [-0.15, -0.1) is 0 Å². The molecule has 1 aromatic heterocycles. The van der Waals surface area contributed by atoms with Crippen LogP contribution in [0.15, 0.2) is 18.5 Å². The normalized spacial score (nSPS) is 13.5. The summed E-state index contributed by atoms with van der Waals surface area (Å²) in [6.07, 6.45) is 5.25. The molecule has 80 valence electrons. The van der Waals surface area contributed by atoms with Crippen LogP contribution in [0.4, 0.5) is 0 Å². The molecule has 0 spiro atoms. The van der Waals surface area contributed by atoms with Crippen LogP contribution in [0.25, 0.3) is 0 Å². The standard InChI is InChI=1S/C11H21N3/c1-4-11(12)10-5-6-14(9-10)8-7-13(2)3/h5-6,9,11H,4,7-8,12H2,1-3H3. The molecule has 0 aliphatic carbocycles. The summed E-state index contributed by atoms with van der Waals surface area (Å²) in [4.78, 5) is 2.18. The summed E-state index contributed by atoms with van der Waals surface area (Å²) in [5, 5.41) is 0. The van der Waals surface area contributed by atoms with Crippen LogP contribution in [0, 0.1) is 0 Å². The van der Waals surface area contributed by atoms with Gasteiger partial charge in [0.15, 0.2) is 0 Å². The number of rotatable bonds is 5. The van der Waals surface area contributed by atoms with Gasteiger partial charge in [-0.3, -0.25) is 0 Å². The molecule has 1 unspecified atom stereocenters. The van der Waals surface area contributed by atoms with Gasteiger partial charge < -0.3 is 15.2 Å². The Labute approximate surface area is 86.5 Å². The second-order valence-corrected chi connectivity index (χ2v) is 4.00. The average Bonchev–Trinajstić information content (AvgIpc) is 2.62. The molecule has 1 heterocycles. The molecule has 3 nitrogen and oxygen atoms in total. The monoisotopic (exact) mass is 195 g/mol. The Bertz CT molecular complexity index is 265.